The molecule has 1 heteroatoms. The van der Waals surface area contributed by atoms with Crippen LogP contribution in [0.25, 0.3) is 0 Å². The summed E-state index contributed by atoms with van der Waals surface area (Å²) in [7, 11) is 0. The highest BCUT2D eigenvalue weighted by Gasteiger charge is 2.23. The van der Waals surface area contributed by atoms with Crippen molar-refractivity contribution in [1.29, 1.82) is 0 Å². The zero-order valence-corrected chi connectivity index (χ0v) is 8.03. The molecule has 0 heterocycles. The third kappa shape index (κ3) is 1.92. The number of aliphatic hydroxyl groups excluding tert-OH is 1. The van der Waals surface area contributed by atoms with Crippen LogP contribution in [0.3, 0.4) is 0 Å². The van der Waals surface area contributed by atoms with Crippen molar-refractivity contribution in [3.63, 3.8) is 0 Å². The molecule has 0 amide bonds. The van der Waals surface area contributed by atoms with E-state index < -0.39 is 0 Å². The summed E-state index contributed by atoms with van der Waals surface area (Å²) in [5.74, 6) is 0.813. The number of hydrogen-bond donors (Lipinski definition) is 1. The lowest BCUT2D eigenvalue weighted by molar-refractivity contribution is 0.173. The van der Waals surface area contributed by atoms with Crippen LogP contribution in [0.4, 0.5) is 0 Å². The Morgan fingerprint density at radius 1 is 1.31 bits per heavy atom. The maximum Gasteiger partial charge on any atom is 0.0787 e. The third-order valence-corrected chi connectivity index (χ3v) is 2.76. The first-order chi connectivity index (χ1) is 6.31. The van der Waals surface area contributed by atoms with Crippen LogP contribution in [0.2, 0.25) is 0 Å². The first-order valence-electron chi connectivity index (χ1n) is 5.09. The zero-order chi connectivity index (χ0) is 9.26. The van der Waals surface area contributed by atoms with Crippen LogP contribution in [-0.4, -0.2) is 5.11 Å². The summed E-state index contributed by atoms with van der Waals surface area (Å²) >= 11 is 0. The molecule has 1 aromatic rings. The molecule has 1 nitrogen and oxygen atoms in total. The van der Waals surface area contributed by atoms with Gasteiger partial charge in [-0.3, -0.25) is 0 Å². The molecule has 1 fully saturated rings. The fraction of sp³-hybridized carbons (Fsp3) is 0.500. The first kappa shape index (κ1) is 8.76. The molecule has 13 heavy (non-hydrogen) atoms. The molecule has 1 unspecified atom stereocenters. The highest BCUT2D eigenvalue weighted by atomic mass is 16.3. The molecule has 1 saturated carbocycles. The van der Waals surface area contributed by atoms with Crippen LogP contribution in [0.15, 0.2) is 24.3 Å². The quantitative estimate of drug-likeness (QED) is 0.750. The van der Waals surface area contributed by atoms with Crippen molar-refractivity contribution in [2.24, 2.45) is 0 Å². The van der Waals surface area contributed by atoms with Gasteiger partial charge in [0.2, 0.25) is 0 Å². The first-order valence-corrected chi connectivity index (χ1v) is 5.09. The number of rotatable bonds is 3. The Labute approximate surface area is 79.4 Å². The van der Waals surface area contributed by atoms with E-state index in [0.29, 0.717) is 0 Å². The number of hydrogen-bond acceptors (Lipinski definition) is 1. The fourth-order valence-electron chi connectivity index (χ4n) is 1.64. The van der Waals surface area contributed by atoms with Gasteiger partial charge in [0.05, 0.1) is 6.10 Å². The van der Waals surface area contributed by atoms with E-state index in [1.54, 1.807) is 0 Å². The Morgan fingerprint density at radius 3 is 2.38 bits per heavy atom. The second kappa shape index (κ2) is 3.51. The van der Waals surface area contributed by atoms with Crippen LogP contribution in [0, 0.1) is 0 Å². The van der Waals surface area contributed by atoms with Gasteiger partial charge >= 0.3 is 0 Å². The summed E-state index contributed by atoms with van der Waals surface area (Å²) in [6.45, 7) is 2.00. The van der Waals surface area contributed by atoms with Crippen LogP contribution >= 0.6 is 0 Å². The Morgan fingerprint density at radius 2 is 1.92 bits per heavy atom. The SMILES string of the molecule is CCC(O)c1ccc(C2CC2)cc1. The molecule has 1 aliphatic rings. The van der Waals surface area contributed by atoms with Crippen LogP contribution < -0.4 is 0 Å². The van der Waals surface area contributed by atoms with Gasteiger partial charge in [0.15, 0.2) is 0 Å². The van der Waals surface area contributed by atoms with E-state index in [-0.39, 0.29) is 6.10 Å². The summed E-state index contributed by atoms with van der Waals surface area (Å²) in [6, 6.07) is 8.43. The summed E-state index contributed by atoms with van der Waals surface area (Å²) in [5, 5.41) is 9.57. The molecular formula is C12H16O. The molecule has 0 bridgehead atoms. The van der Waals surface area contributed by atoms with Crippen LogP contribution in [0.5, 0.6) is 0 Å². The Hall–Kier alpha value is -0.820. The lowest BCUT2D eigenvalue weighted by Gasteiger charge is -2.08. The normalized spacial score (nSPS) is 18.6. The molecular weight excluding hydrogens is 160 g/mol. The summed E-state index contributed by atoms with van der Waals surface area (Å²) in [4.78, 5) is 0. The van der Waals surface area contributed by atoms with E-state index >= 15 is 0 Å². The van der Waals surface area contributed by atoms with Gasteiger partial charge in [0.1, 0.15) is 0 Å². The van der Waals surface area contributed by atoms with Crippen molar-refractivity contribution in [3.8, 4) is 0 Å². The van der Waals surface area contributed by atoms with Gasteiger partial charge in [-0.25, -0.2) is 0 Å². The van der Waals surface area contributed by atoms with E-state index in [0.717, 1.165) is 17.9 Å². The van der Waals surface area contributed by atoms with Crippen molar-refractivity contribution >= 4 is 0 Å². The summed E-state index contributed by atoms with van der Waals surface area (Å²) < 4.78 is 0. The lowest BCUT2D eigenvalue weighted by atomic mass is 10.0. The smallest absolute Gasteiger partial charge is 0.0787 e. The molecule has 70 valence electrons. The monoisotopic (exact) mass is 176 g/mol. The Bertz CT molecular complexity index is 272. The molecule has 0 spiro atoms. The molecule has 1 aliphatic carbocycles. The second-order valence-electron chi connectivity index (χ2n) is 3.86. The van der Waals surface area contributed by atoms with Gasteiger partial charge in [-0.2, -0.15) is 0 Å². The van der Waals surface area contributed by atoms with Crippen molar-refractivity contribution in [2.75, 3.05) is 0 Å². The highest BCUT2D eigenvalue weighted by Crippen LogP contribution is 2.40. The predicted molar refractivity (Wildman–Crippen MR) is 53.7 cm³/mol. The van der Waals surface area contributed by atoms with Gasteiger partial charge in [0, 0.05) is 0 Å². The molecule has 1 N–H and O–H groups in total. The minimum absolute atomic E-state index is 0.284. The molecule has 0 radical (unpaired) electrons. The van der Waals surface area contributed by atoms with E-state index in [9.17, 15) is 5.11 Å². The standard InChI is InChI=1S/C12H16O/c1-2-12(13)11-7-5-10(6-8-11)9-3-4-9/h5-9,12-13H,2-4H2,1H3. The van der Waals surface area contributed by atoms with Gasteiger partial charge in [-0.05, 0) is 36.3 Å². The van der Waals surface area contributed by atoms with Crippen molar-refractivity contribution in [2.45, 2.75) is 38.2 Å². The van der Waals surface area contributed by atoms with Crippen molar-refractivity contribution in [1.82, 2.24) is 0 Å². The summed E-state index contributed by atoms with van der Waals surface area (Å²) in [6.07, 6.45) is 3.20. The lowest BCUT2D eigenvalue weighted by Crippen LogP contribution is -1.94. The molecule has 0 saturated heterocycles. The van der Waals surface area contributed by atoms with Crippen LogP contribution in [0.1, 0.15) is 49.3 Å². The van der Waals surface area contributed by atoms with Gasteiger partial charge in [-0.15, -0.1) is 0 Å². The average molecular weight is 176 g/mol. The minimum atomic E-state index is -0.284. The molecule has 1 aromatic carbocycles. The second-order valence-corrected chi connectivity index (χ2v) is 3.86. The van der Waals surface area contributed by atoms with Crippen molar-refractivity contribution < 1.29 is 5.11 Å². The Kier molecular flexibility index (Phi) is 2.36. The van der Waals surface area contributed by atoms with Gasteiger partial charge < -0.3 is 5.11 Å². The maximum atomic E-state index is 9.57. The maximum absolute atomic E-state index is 9.57. The topological polar surface area (TPSA) is 20.2 Å². The van der Waals surface area contributed by atoms with Gasteiger partial charge in [-0.1, -0.05) is 31.2 Å². The fourth-order valence-corrected chi connectivity index (χ4v) is 1.64. The van der Waals surface area contributed by atoms with E-state index in [2.05, 4.69) is 24.3 Å². The average Bonchev–Trinajstić information content (AvgIpc) is 3.00. The molecule has 1 atom stereocenters. The van der Waals surface area contributed by atoms with Gasteiger partial charge in [0.25, 0.3) is 0 Å². The summed E-state index contributed by atoms with van der Waals surface area (Å²) in [5.41, 5.74) is 2.49. The molecule has 0 aromatic heterocycles. The van der Waals surface area contributed by atoms with E-state index in [4.69, 9.17) is 0 Å². The zero-order valence-electron chi connectivity index (χ0n) is 8.03. The molecule has 0 aliphatic heterocycles. The Balaban J connectivity index is 2.12. The van der Waals surface area contributed by atoms with E-state index in [1.165, 1.54) is 18.4 Å². The van der Waals surface area contributed by atoms with Crippen LogP contribution in [-0.2, 0) is 0 Å². The largest absolute Gasteiger partial charge is 0.388 e. The predicted octanol–water partition coefficient (Wildman–Crippen LogP) is 3.01. The third-order valence-electron chi connectivity index (χ3n) is 2.76. The number of aliphatic hydroxyl groups is 1. The molecule has 2 rings (SSSR count). The van der Waals surface area contributed by atoms with E-state index in [1.807, 2.05) is 6.92 Å². The minimum Gasteiger partial charge on any atom is -0.388 e. The van der Waals surface area contributed by atoms with Crippen molar-refractivity contribution in [3.05, 3.63) is 35.4 Å². The highest BCUT2D eigenvalue weighted by molar-refractivity contribution is 5.28. The number of benzene rings is 1.